The first-order chi connectivity index (χ1) is 9.42. The Bertz CT molecular complexity index is 571. The summed E-state index contributed by atoms with van der Waals surface area (Å²) >= 11 is 0. The quantitative estimate of drug-likeness (QED) is 0.878. The van der Waals surface area contributed by atoms with Crippen LogP contribution >= 0.6 is 0 Å². The minimum absolute atomic E-state index is 0.0137. The summed E-state index contributed by atoms with van der Waals surface area (Å²) < 4.78 is 22.7. The average Bonchev–Trinajstić information content (AvgIpc) is 2.73. The molecule has 0 saturated carbocycles. The van der Waals surface area contributed by atoms with Gasteiger partial charge in [0.25, 0.3) is 0 Å². The molecular weight excluding hydrogens is 276 g/mol. The standard InChI is InChI=1S/C14H20N2O3S/c1-3-12-14(17)16(9-10-20(2,18)19)13(15-12)11-7-5-4-6-8-11/h4-8,12-13,15H,3,9-10H2,1-2H3. The van der Waals surface area contributed by atoms with E-state index in [2.05, 4.69) is 5.32 Å². The fraction of sp³-hybridized carbons (Fsp3) is 0.500. The Hall–Kier alpha value is -1.40. The van der Waals surface area contributed by atoms with Gasteiger partial charge in [0.05, 0.1) is 11.8 Å². The van der Waals surface area contributed by atoms with E-state index in [0.717, 1.165) is 5.56 Å². The van der Waals surface area contributed by atoms with Gasteiger partial charge in [0.15, 0.2) is 0 Å². The van der Waals surface area contributed by atoms with Crippen LogP contribution in [0.25, 0.3) is 0 Å². The maximum atomic E-state index is 12.3. The Morgan fingerprint density at radius 3 is 2.45 bits per heavy atom. The molecule has 0 bridgehead atoms. The molecule has 110 valence electrons. The smallest absolute Gasteiger partial charge is 0.241 e. The lowest BCUT2D eigenvalue weighted by atomic mass is 10.1. The molecule has 0 aromatic heterocycles. The molecule has 0 spiro atoms. The van der Waals surface area contributed by atoms with Crippen LogP contribution in [0, 0.1) is 0 Å². The van der Waals surface area contributed by atoms with Crippen LogP contribution in [0.4, 0.5) is 0 Å². The summed E-state index contributed by atoms with van der Waals surface area (Å²) in [4.78, 5) is 13.9. The zero-order valence-electron chi connectivity index (χ0n) is 11.7. The van der Waals surface area contributed by atoms with Gasteiger partial charge in [-0.1, -0.05) is 37.3 Å². The van der Waals surface area contributed by atoms with Crippen molar-refractivity contribution in [2.75, 3.05) is 18.6 Å². The van der Waals surface area contributed by atoms with E-state index in [-0.39, 0.29) is 30.4 Å². The van der Waals surface area contributed by atoms with Crippen LogP contribution in [-0.4, -0.2) is 43.8 Å². The summed E-state index contributed by atoms with van der Waals surface area (Å²) in [5, 5.41) is 3.27. The molecule has 2 unspecified atom stereocenters. The summed E-state index contributed by atoms with van der Waals surface area (Å²) in [6.45, 7) is 2.17. The minimum Gasteiger partial charge on any atom is -0.321 e. The van der Waals surface area contributed by atoms with Gasteiger partial charge in [-0.2, -0.15) is 0 Å². The second-order valence-electron chi connectivity index (χ2n) is 5.10. The molecule has 1 heterocycles. The zero-order chi connectivity index (χ0) is 14.8. The third-order valence-corrected chi connectivity index (χ3v) is 4.40. The lowest BCUT2D eigenvalue weighted by molar-refractivity contribution is -0.129. The molecule has 6 heteroatoms. The van der Waals surface area contributed by atoms with Crippen molar-refractivity contribution >= 4 is 15.7 Å². The van der Waals surface area contributed by atoms with Gasteiger partial charge < -0.3 is 4.90 Å². The van der Waals surface area contributed by atoms with Crippen LogP contribution in [0.2, 0.25) is 0 Å². The molecular formula is C14H20N2O3S. The van der Waals surface area contributed by atoms with Crippen molar-refractivity contribution in [3.05, 3.63) is 35.9 Å². The number of hydrogen-bond donors (Lipinski definition) is 1. The average molecular weight is 296 g/mol. The van der Waals surface area contributed by atoms with Gasteiger partial charge in [-0.05, 0) is 12.0 Å². The van der Waals surface area contributed by atoms with Crippen molar-refractivity contribution in [2.24, 2.45) is 0 Å². The van der Waals surface area contributed by atoms with Gasteiger partial charge in [-0.25, -0.2) is 8.42 Å². The summed E-state index contributed by atoms with van der Waals surface area (Å²) in [5.74, 6) is -0.0368. The molecule has 20 heavy (non-hydrogen) atoms. The van der Waals surface area contributed by atoms with E-state index in [4.69, 9.17) is 0 Å². The van der Waals surface area contributed by atoms with Crippen LogP contribution in [0.3, 0.4) is 0 Å². The Balaban J connectivity index is 2.22. The van der Waals surface area contributed by atoms with Crippen LogP contribution in [0.5, 0.6) is 0 Å². The van der Waals surface area contributed by atoms with E-state index in [1.807, 2.05) is 37.3 Å². The van der Waals surface area contributed by atoms with Crippen LogP contribution < -0.4 is 5.32 Å². The maximum Gasteiger partial charge on any atom is 0.241 e. The van der Waals surface area contributed by atoms with E-state index in [1.165, 1.54) is 6.26 Å². The Labute approximate surface area is 119 Å². The fourth-order valence-corrected chi connectivity index (χ4v) is 2.92. The van der Waals surface area contributed by atoms with Gasteiger partial charge in [-0.15, -0.1) is 0 Å². The highest BCUT2D eigenvalue weighted by Gasteiger charge is 2.38. The van der Waals surface area contributed by atoms with Crippen LogP contribution in [0.15, 0.2) is 30.3 Å². The Morgan fingerprint density at radius 2 is 1.90 bits per heavy atom. The molecule has 5 nitrogen and oxygen atoms in total. The van der Waals surface area contributed by atoms with Crippen molar-refractivity contribution in [2.45, 2.75) is 25.6 Å². The number of nitrogens with zero attached hydrogens (tertiary/aromatic N) is 1. The maximum absolute atomic E-state index is 12.3. The second-order valence-corrected chi connectivity index (χ2v) is 7.36. The third-order valence-electron chi connectivity index (χ3n) is 3.48. The molecule has 2 atom stereocenters. The van der Waals surface area contributed by atoms with Crippen molar-refractivity contribution in [1.82, 2.24) is 10.2 Å². The lowest BCUT2D eigenvalue weighted by Crippen LogP contribution is -2.34. The van der Waals surface area contributed by atoms with Gasteiger partial charge in [-0.3, -0.25) is 10.1 Å². The second kappa shape index (κ2) is 5.93. The number of carbonyl (C=O) groups excluding carboxylic acids is 1. The monoisotopic (exact) mass is 296 g/mol. The first-order valence-electron chi connectivity index (χ1n) is 6.71. The summed E-state index contributed by atoms with van der Waals surface area (Å²) in [5.41, 5.74) is 0.977. The topological polar surface area (TPSA) is 66.5 Å². The highest BCUT2D eigenvalue weighted by molar-refractivity contribution is 7.90. The first kappa shape index (κ1) is 15.0. The van der Waals surface area contributed by atoms with E-state index in [1.54, 1.807) is 4.90 Å². The zero-order valence-corrected chi connectivity index (χ0v) is 12.6. The molecule has 2 rings (SSSR count). The predicted molar refractivity (Wildman–Crippen MR) is 77.8 cm³/mol. The molecule has 1 aliphatic heterocycles. The van der Waals surface area contributed by atoms with Gasteiger partial charge >= 0.3 is 0 Å². The number of amides is 1. The Morgan fingerprint density at radius 1 is 1.25 bits per heavy atom. The summed E-state index contributed by atoms with van der Waals surface area (Å²) in [6.07, 6.45) is 1.64. The molecule has 0 aliphatic carbocycles. The largest absolute Gasteiger partial charge is 0.321 e. The van der Waals surface area contributed by atoms with Crippen molar-refractivity contribution in [1.29, 1.82) is 0 Å². The molecule has 1 N–H and O–H groups in total. The molecule has 1 amide bonds. The van der Waals surface area contributed by atoms with Crippen LogP contribution in [-0.2, 0) is 14.6 Å². The lowest BCUT2D eigenvalue weighted by Gasteiger charge is -2.24. The van der Waals surface area contributed by atoms with Gasteiger partial charge in [0.2, 0.25) is 5.91 Å². The number of rotatable bonds is 5. The normalized spacial score (nSPS) is 23.3. The van der Waals surface area contributed by atoms with Crippen molar-refractivity contribution in [3.8, 4) is 0 Å². The molecule has 0 radical (unpaired) electrons. The molecule has 1 fully saturated rings. The van der Waals surface area contributed by atoms with Crippen LogP contribution in [0.1, 0.15) is 25.1 Å². The first-order valence-corrected chi connectivity index (χ1v) is 8.77. The molecule has 1 saturated heterocycles. The van der Waals surface area contributed by atoms with Crippen molar-refractivity contribution < 1.29 is 13.2 Å². The van der Waals surface area contributed by atoms with E-state index in [9.17, 15) is 13.2 Å². The fourth-order valence-electron chi connectivity index (χ4n) is 2.39. The SMILES string of the molecule is CCC1NC(c2ccccc2)N(CCS(C)(=O)=O)C1=O. The van der Waals surface area contributed by atoms with E-state index >= 15 is 0 Å². The molecule has 1 aliphatic rings. The number of sulfone groups is 1. The highest BCUT2D eigenvalue weighted by Crippen LogP contribution is 2.26. The Kier molecular flexibility index (Phi) is 4.45. The number of hydrogen-bond acceptors (Lipinski definition) is 4. The van der Waals surface area contributed by atoms with Gasteiger partial charge in [0, 0.05) is 12.8 Å². The van der Waals surface area contributed by atoms with E-state index < -0.39 is 9.84 Å². The predicted octanol–water partition coefficient (Wildman–Crippen LogP) is 0.940. The van der Waals surface area contributed by atoms with Gasteiger partial charge in [0.1, 0.15) is 16.0 Å². The highest BCUT2D eigenvalue weighted by atomic mass is 32.2. The molecule has 1 aromatic rings. The number of benzene rings is 1. The summed E-state index contributed by atoms with van der Waals surface area (Å²) in [6, 6.07) is 9.38. The minimum atomic E-state index is -3.09. The molecule has 1 aromatic carbocycles. The summed E-state index contributed by atoms with van der Waals surface area (Å²) in [7, 11) is -3.09. The number of nitrogens with one attached hydrogen (secondary N) is 1. The number of carbonyl (C=O) groups is 1. The van der Waals surface area contributed by atoms with E-state index in [0.29, 0.717) is 6.42 Å². The third kappa shape index (κ3) is 3.37. The van der Waals surface area contributed by atoms with Crippen molar-refractivity contribution in [3.63, 3.8) is 0 Å².